The minimum atomic E-state index is -0.280. The van der Waals surface area contributed by atoms with Gasteiger partial charge in [0.2, 0.25) is 0 Å². The molecule has 1 amide bonds. The number of β-amino-alcohol motifs (C(OH)–C–C–N with tert-alkyl or cyclic N) is 1. The van der Waals surface area contributed by atoms with Gasteiger partial charge in [-0.1, -0.05) is 0 Å². The van der Waals surface area contributed by atoms with E-state index in [0.29, 0.717) is 18.2 Å². The lowest BCUT2D eigenvalue weighted by Gasteiger charge is -2.62. The maximum atomic E-state index is 13.1. The molecule has 2 atom stereocenters. The van der Waals surface area contributed by atoms with Crippen molar-refractivity contribution in [3.63, 3.8) is 0 Å². The Kier molecular flexibility index (Phi) is 4.43. The van der Waals surface area contributed by atoms with Crippen LogP contribution in [0.15, 0.2) is 24.5 Å². The minimum absolute atomic E-state index is 0.0173. The molecule has 4 saturated heterocycles. The van der Waals surface area contributed by atoms with E-state index in [1.807, 2.05) is 17.0 Å². The van der Waals surface area contributed by atoms with E-state index in [-0.39, 0.29) is 23.6 Å². The molecule has 2 unspecified atom stereocenters. The molecule has 1 spiro atoms. The second kappa shape index (κ2) is 6.81. The van der Waals surface area contributed by atoms with E-state index in [0.717, 1.165) is 58.7 Å². The number of rotatable bonds is 2. The van der Waals surface area contributed by atoms with Crippen LogP contribution in [-0.4, -0.2) is 100 Å². The summed E-state index contributed by atoms with van der Waals surface area (Å²) < 4.78 is 5.51. The van der Waals surface area contributed by atoms with Crippen LogP contribution in [0.5, 0.6) is 0 Å². The molecular formula is C20H28N4O3. The third-order valence-corrected chi connectivity index (χ3v) is 6.82. The van der Waals surface area contributed by atoms with Gasteiger partial charge in [-0.3, -0.25) is 19.6 Å². The van der Waals surface area contributed by atoms with Crippen molar-refractivity contribution in [1.29, 1.82) is 0 Å². The topological polar surface area (TPSA) is 69.1 Å². The zero-order chi connectivity index (χ0) is 18.4. The number of carbonyl (C=O) groups is 1. The third-order valence-electron chi connectivity index (χ3n) is 6.82. The van der Waals surface area contributed by atoms with Crippen LogP contribution < -0.4 is 0 Å². The first-order valence-corrected chi connectivity index (χ1v) is 10.1. The molecule has 0 aliphatic carbocycles. The molecule has 4 aliphatic rings. The summed E-state index contributed by atoms with van der Waals surface area (Å²) >= 11 is 0. The molecule has 5 rings (SSSR count). The Morgan fingerprint density at radius 3 is 2.74 bits per heavy atom. The highest BCUT2D eigenvalue weighted by atomic mass is 16.5. The number of hydrogen-bond donors (Lipinski definition) is 1. The number of pyridine rings is 1. The fourth-order valence-corrected chi connectivity index (χ4v) is 5.54. The number of nitrogens with zero attached hydrogens (tertiary/aromatic N) is 4. The van der Waals surface area contributed by atoms with Gasteiger partial charge in [-0.15, -0.1) is 0 Å². The average Bonchev–Trinajstić information content (AvgIpc) is 3.06. The van der Waals surface area contributed by atoms with E-state index in [2.05, 4.69) is 14.8 Å². The van der Waals surface area contributed by atoms with Crippen molar-refractivity contribution in [1.82, 2.24) is 19.7 Å². The summed E-state index contributed by atoms with van der Waals surface area (Å²) in [6.45, 7) is 5.85. The van der Waals surface area contributed by atoms with Gasteiger partial charge in [0.15, 0.2) is 0 Å². The Balaban J connectivity index is 1.35. The average molecular weight is 372 g/mol. The van der Waals surface area contributed by atoms with Gasteiger partial charge in [0.1, 0.15) is 0 Å². The molecule has 27 heavy (non-hydrogen) atoms. The molecule has 7 heteroatoms. The Bertz CT molecular complexity index is 688. The molecule has 7 nitrogen and oxygen atoms in total. The van der Waals surface area contributed by atoms with Gasteiger partial charge in [-0.2, -0.15) is 0 Å². The molecule has 1 N–H and O–H groups in total. The number of aliphatic hydroxyl groups is 1. The summed E-state index contributed by atoms with van der Waals surface area (Å²) in [4.78, 5) is 24.2. The Labute approximate surface area is 159 Å². The predicted molar refractivity (Wildman–Crippen MR) is 99.4 cm³/mol. The number of likely N-dealkylation sites (tertiary alicyclic amines) is 1. The lowest BCUT2D eigenvalue weighted by Crippen LogP contribution is -2.79. The summed E-state index contributed by atoms with van der Waals surface area (Å²) in [5.74, 6) is 0.0630. The second-order valence-electron chi connectivity index (χ2n) is 8.60. The molecule has 4 aliphatic heterocycles. The first kappa shape index (κ1) is 17.6. The molecule has 146 valence electrons. The summed E-state index contributed by atoms with van der Waals surface area (Å²) in [5, 5.41) is 10.3. The minimum Gasteiger partial charge on any atom is -0.392 e. The smallest absolute Gasteiger partial charge is 0.255 e. The van der Waals surface area contributed by atoms with E-state index < -0.39 is 0 Å². The highest BCUT2D eigenvalue weighted by molar-refractivity contribution is 5.94. The van der Waals surface area contributed by atoms with E-state index >= 15 is 0 Å². The standard InChI is InChI=1S/C20H28N4O3/c25-18-8-17-10-22(19(26)15-2-1-5-21-9-15)12-20(24(17)11-18)13-23(14-20)16-3-6-27-7-4-16/h1-2,5,9,16-18,25H,3-4,6-8,10-14H2. The predicted octanol–water partition coefficient (Wildman–Crippen LogP) is 0.206. The molecule has 1 aromatic heterocycles. The van der Waals surface area contributed by atoms with Gasteiger partial charge in [0.05, 0.1) is 17.2 Å². The Hall–Kier alpha value is -1.54. The summed E-state index contributed by atoms with van der Waals surface area (Å²) in [6, 6.07) is 4.51. The number of ether oxygens (including phenoxy) is 1. The molecule has 0 saturated carbocycles. The van der Waals surface area contributed by atoms with Crippen LogP contribution in [0.1, 0.15) is 29.6 Å². The maximum absolute atomic E-state index is 13.1. The largest absolute Gasteiger partial charge is 0.392 e. The van der Waals surface area contributed by atoms with Crippen LogP contribution in [0.4, 0.5) is 0 Å². The lowest BCUT2D eigenvalue weighted by atomic mass is 9.81. The summed E-state index contributed by atoms with van der Waals surface area (Å²) in [7, 11) is 0. The van der Waals surface area contributed by atoms with Gasteiger partial charge < -0.3 is 14.7 Å². The zero-order valence-electron chi connectivity index (χ0n) is 15.7. The second-order valence-corrected chi connectivity index (χ2v) is 8.60. The molecule has 0 radical (unpaired) electrons. The van der Waals surface area contributed by atoms with E-state index in [4.69, 9.17) is 4.74 Å². The highest BCUT2D eigenvalue weighted by Crippen LogP contribution is 2.41. The number of carbonyl (C=O) groups excluding carboxylic acids is 1. The van der Waals surface area contributed by atoms with Gasteiger partial charge in [-0.25, -0.2) is 0 Å². The number of piperazine rings is 1. The summed E-state index contributed by atoms with van der Waals surface area (Å²) in [6.07, 6.45) is 6.02. The SMILES string of the molecule is O=C(c1cccnc1)N1CC2CC(O)CN2C2(C1)CN(C1CCOCC1)C2. The molecule has 4 fully saturated rings. The third kappa shape index (κ3) is 3.06. The summed E-state index contributed by atoms with van der Waals surface area (Å²) in [5.41, 5.74) is 0.636. The number of amides is 1. The van der Waals surface area contributed by atoms with Crippen molar-refractivity contribution < 1.29 is 14.6 Å². The quantitative estimate of drug-likeness (QED) is 0.800. The fraction of sp³-hybridized carbons (Fsp3) is 0.700. The van der Waals surface area contributed by atoms with E-state index in [1.165, 1.54) is 0 Å². The molecule has 5 heterocycles. The fourth-order valence-electron chi connectivity index (χ4n) is 5.54. The first-order chi connectivity index (χ1) is 13.1. The van der Waals surface area contributed by atoms with Crippen molar-refractivity contribution in [3.8, 4) is 0 Å². The van der Waals surface area contributed by atoms with Crippen molar-refractivity contribution in [2.24, 2.45) is 0 Å². The maximum Gasteiger partial charge on any atom is 0.255 e. The van der Waals surface area contributed by atoms with Crippen LogP contribution in [-0.2, 0) is 4.74 Å². The Morgan fingerprint density at radius 2 is 2.00 bits per heavy atom. The van der Waals surface area contributed by atoms with Crippen molar-refractivity contribution in [2.45, 2.75) is 43.0 Å². The lowest BCUT2D eigenvalue weighted by molar-refractivity contribution is -0.129. The first-order valence-electron chi connectivity index (χ1n) is 10.1. The Morgan fingerprint density at radius 1 is 1.19 bits per heavy atom. The molecular weight excluding hydrogens is 344 g/mol. The van der Waals surface area contributed by atoms with Gasteiger partial charge in [0, 0.05) is 70.4 Å². The van der Waals surface area contributed by atoms with Crippen molar-refractivity contribution in [3.05, 3.63) is 30.1 Å². The van der Waals surface area contributed by atoms with Crippen LogP contribution in [0, 0.1) is 0 Å². The van der Waals surface area contributed by atoms with E-state index in [1.54, 1.807) is 12.4 Å². The molecule has 1 aromatic rings. The molecule has 0 bridgehead atoms. The number of hydrogen-bond acceptors (Lipinski definition) is 6. The van der Waals surface area contributed by atoms with Crippen LogP contribution in [0.25, 0.3) is 0 Å². The zero-order valence-corrected chi connectivity index (χ0v) is 15.7. The van der Waals surface area contributed by atoms with Gasteiger partial charge >= 0.3 is 0 Å². The van der Waals surface area contributed by atoms with Crippen molar-refractivity contribution >= 4 is 5.91 Å². The van der Waals surface area contributed by atoms with Crippen LogP contribution in [0.3, 0.4) is 0 Å². The van der Waals surface area contributed by atoms with Crippen LogP contribution >= 0.6 is 0 Å². The number of aliphatic hydroxyl groups excluding tert-OH is 1. The van der Waals surface area contributed by atoms with Gasteiger partial charge in [0.25, 0.3) is 5.91 Å². The van der Waals surface area contributed by atoms with Gasteiger partial charge in [-0.05, 0) is 31.4 Å². The number of aromatic nitrogens is 1. The van der Waals surface area contributed by atoms with Crippen LogP contribution in [0.2, 0.25) is 0 Å². The monoisotopic (exact) mass is 372 g/mol. The normalized spacial score (nSPS) is 31.7. The highest BCUT2D eigenvalue weighted by Gasteiger charge is 2.57. The molecule has 0 aromatic carbocycles. The van der Waals surface area contributed by atoms with E-state index in [9.17, 15) is 9.90 Å². The number of fused-ring (bicyclic) bond motifs is 2. The van der Waals surface area contributed by atoms with Crippen molar-refractivity contribution in [2.75, 3.05) is 45.9 Å².